The quantitative estimate of drug-likeness (QED) is 0.655. The van der Waals surface area contributed by atoms with E-state index in [4.69, 9.17) is 5.73 Å². The third kappa shape index (κ3) is 1.27. The fourth-order valence-corrected chi connectivity index (χ4v) is 2.02. The zero-order valence-corrected chi connectivity index (χ0v) is 7.49. The van der Waals surface area contributed by atoms with Crippen molar-refractivity contribution in [2.45, 2.75) is 24.8 Å². The smallest absolute Gasteiger partial charge is 0.144 e. The Morgan fingerprint density at radius 2 is 2.15 bits per heavy atom. The van der Waals surface area contributed by atoms with Crippen molar-refractivity contribution in [3.05, 3.63) is 35.4 Å². The van der Waals surface area contributed by atoms with Crippen LogP contribution in [0.5, 0.6) is 0 Å². The Morgan fingerprint density at radius 1 is 1.38 bits per heavy atom. The minimum atomic E-state index is -0.727. The first-order chi connectivity index (χ1) is 6.26. The standard InChI is InChI=1S/C11H13NO/c12-11(8-13)7-3-5-9-4-1-2-6-10(9)11/h1-2,4,6,8H,3,5,7,12H2. The molecule has 1 aliphatic carbocycles. The van der Waals surface area contributed by atoms with E-state index in [0.29, 0.717) is 0 Å². The van der Waals surface area contributed by atoms with Gasteiger partial charge in [0.25, 0.3) is 0 Å². The van der Waals surface area contributed by atoms with Crippen LogP contribution in [-0.4, -0.2) is 6.29 Å². The number of hydrogen-bond donors (Lipinski definition) is 1. The molecule has 1 aliphatic rings. The summed E-state index contributed by atoms with van der Waals surface area (Å²) in [6.07, 6.45) is 3.70. The number of nitrogens with two attached hydrogens (primary N) is 1. The van der Waals surface area contributed by atoms with Gasteiger partial charge in [0.05, 0.1) is 5.54 Å². The van der Waals surface area contributed by atoms with Gasteiger partial charge in [0.15, 0.2) is 0 Å². The molecule has 0 spiro atoms. The highest BCUT2D eigenvalue weighted by molar-refractivity contribution is 5.69. The Kier molecular flexibility index (Phi) is 1.93. The highest BCUT2D eigenvalue weighted by Crippen LogP contribution is 2.31. The molecule has 0 amide bonds. The summed E-state index contributed by atoms with van der Waals surface area (Å²) >= 11 is 0. The molecule has 0 bridgehead atoms. The highest BCUT2D eigenvalue weighted by atomic mass is 16.1. The number of carbonyl (C=O) groups excluding carboxylic acids is 1. The second-order valence-electron chi connectivity index (χ2n) is 3.67. The summed E-state index contributed by atoms with van der Waals surface area (Å²) in [5, 5.41) is 0. The molecule has 0 fully saturated rings. The van der Waals surface area contributed by atoms with Crippen molar-refractivity contribution in [2.75, 3.05) is 0 Å². The maximum absolute atomic E-state index is 10.9. The maximum atomic E-state index is 10.9. The van der Waals surface area contributed by atoms with E-state index < -0.39 is 5.54 Å². The number of fused-ring (bicyclic) bond motifs is 1. The fraction of sp³-hybridized carbons (Fsp3) is 0.364. The van der Waals surface area contributed by atoms with Gasteiger partial charge in [-0.2, -0.15) is 0 Å². The van der Waals surface area contributed by atoms with E-state index in [2.05, 4.69) is 6.07 Å². The zero-order chi connectivity index (χ0) is 9.31. The summed E-state index contributed by atoms with van der Waals surface area (Å²) in [6, 6.07) is 7.95. The molecule has 1 aromatic carbocycles. The Hall–Kier alpha value is -1.15. The lowest BCUT2D eigenvalue weighted by molar-refractivity contribution is -0.113. The second-order valence-corrected chi connectivity index (χ2v) is 3.67. The molecule has 0 saturated heterocycles. The SMILES string of the molecule is NC1(C=O)CCCc2ccccc21. The summed E-state index contributed by atoms with van der Waals surface area (Å²) in [4.78, 5) is 10.9. The van der Waals surface area contributed by atoms with Crippen LogP contribution < -0.4 is 5.73 Å². The van der Waals surface area contributed by atoms with Crippen molar-refractivity contribution in [3.8, 4) is 0 Å². The summed E-state index contributed by atoms with van der Waals surface area (Å²) in [5.41, 5.74) is 7.51. The van der Waals surface area contributed by atoms with Crippen LogP contribution in [0.25, 0.3) is 0 Å². The van der Waals surface area contributed by atoms with Gasteiger partial charge < -0.3 is 10.5 Å². The molecule has 2 rings (SSSR count). The van der Waals surface area contributed by atoms with Gasteiger partial charge in [-0.3, -0.25) is 0 Å². The Morgan fingerprint density at radius 3 is 2.92 bits per heavy atom. The van der Waals surface area contributed by atoms with E-state index in [1.54, 1.807) is 0 Å². The van der Waals surface area contributed by atoms with Crippen LogP contribution in [0.3, 0.4) is 0 Å². The molecule has 0 radical (unpaired) electrons. The zero-order valence-electron chi connectivity index (χ0n) is 7.49. The van der Waals surface area contributed by atoms with Gasteiger partial charge >= 0.3 is 0 Å². The van der Waals surface area contributed by atoms with Crippen LogP contribution in [-0.2, 0) is 16.8 Å². The molecule has 1 unspecified atom stereocenters. The van der Waals surface area contributed by atoms with Gasteiger partial charge in [-0.1, -0.05) is 24.3 Å². The molecule has 2 heteroatoms. The first-order valence-corrected chi connectivity index (χ1v) is 4.60. The van der Waals surface area contributed by atoms with E-state index in [0.717, 1.165) is 31.1 Å². The monoisotopic (exact) mass is 175 g/mol. The highest BCUT2D eigenvalue weighted by Gasteiger charge is 2.31. The summed E-state index contributed by atoms with van der Waals surface area (Å²) in [6.45, 7) is 0. The Labute approximate surface area is 77.8 Å². The molecule has 2 N–H and O–H groups in total. The predicted molar refractivity (Wildman–Crippen MR) is 51.3 cm³/mol. The van der Waals surface area contributed by atoms with Crippen LogP contribution >= 0.6 is 0 Å². The molecule has 0 heterocycles. The first kappa shape index (κ1) is 8.45. The summed E-state index contributed by atoms with van der Waals surface area (Å²) in [5.74, 6) is 0. The van der Waals surface area contributed by atoms with Crippen LogP contribution in [0.1, 0.15) is 24.0 Å². The molecule has 2 nitrogen and oxygen atoms in total. The van der Waals surface area contributed by atoms with Crippen molar-refractivity contribution in [3.63, 3.8) is 0 Å². The molecule has 1 aromatic rings. The molecule has 13 heavy (non-hydrogen) atoms. The average Bonchev–Trinajstić information content (AvgIpc) is 2.19. The summed E-state index contributed by atoms with van der Waals surface area (Å²) in [7, 11) is 0. The lowest BCUT2D eigenvalue weighted by atomic mass is 9.78. The summed E-state index contributed by atoms with van der Waals surface area (Å²) < 4.78 is 0. The van der Waals surface area contributed by atoms with Crippen LogP contribution in [0.2, 0.25) is 0 Å². The maximum Gasteiger partial charge on any atom is 0.144 e. The number of aryl methyl sites for hydroxylation is 1. The second kappa shape index (κ2) is 2.96. The number of benzene rings is 1. The Balaban J connectivity index is 2.54. The van der Waals surface area contributed by atoms with Gasteiger partial charge in [-0.05, 0) is 30.4 Å². The van der Waals surface area contributed by atoms with Crippen molar-refractivity contribution < 1.29 is 4.79 Å². The predicted octanol–water partition coefficient (Wildman–Crippen LogP) is 1.38. The van der Waals surface area contributed by atoms with Gasteiger partial charge in [0.1, 0.15) is 6.29 Å². The third-order valence-corrected chi connectivity index (χ3v) is 2.77. The normalized spacial score (nSPS) is 26.5. The van der Waals surface area contributed by atoms with E-state index in [-0.39, 0.29) is 0 Å². The molecule has 0 aromatic heterocycles. The van der Waals surface area contributed by atoms with Gasteiger partial charge in [0, 0.05) is 0 Å². The van der Waals surface area contributed by atoms with Crippen molar-refractivity contribution in [1.29, 1.82) is 0 Å². The number of aldehydes is 1. The van der Waals surface area contributed by atoms with Crippen molar-refractivity contribution in [2.24, 2.45) is 5.73 Å². The Bertz CT molecular complexity index is 335. The van der Waals surface area contributed by atoms with Crippen molar-refractivity contribution >= 4 is 6.29 Å². The van der Waals surface area contributed by atoms with E-state index in [1.165, 1.54) is 5.56 Å². The molecule has 1 atom stereocenters. The third-order valence-electron chi connectivity index (χ3n) is 2.77. The molecular formula is C11H13NO. The minimum absolute atomic E-state index is 0.727. The number of hydrogen-bond acceptors (Lipinski definition) is 2. The minimum Gasteiger partial charge on any atom is -0.315 e. The van der Waals surface area contributed by atoms with Gasteiger partial charge in [-0.15, -0.1) is 0 Å². The number of rotatable bonds is 1. The van der Waals surface area contributed by atoms with Crippen molar-refractivity contribution in [1.82, 2.24) is 0 Å². The molecule has 68 valence electrons. The molecule has 0 saturated carbocycles. The topological polar surface area (TPSA) is 43.1 Å². The molecule has 0 aliphatic heterocycles. The number of carbonyl (C=O) groups is 1. The van der Waals surface area contributed by atoms with E-state index in [9.17, 15) is 4.79 Å². The van der Waals surface area contributed by atoms with Crippen LogP contribution in [0.4, 0.5) is 0 Å². The average molecular weight is 175 g/mol. The van der Waals surface area contributed by atoms with Gasteiger partial charge in [-0.25, -0.2) is 0 Å². The van der Waals surface area contributed by atoms with Crippen LogP contribution in [0.15, 0.2) is 24.3 Å². The lowest BCUT2D eigenvalue weighted by Gasteiger charge is -2.30. The molecular weight excluding hydrogens is 162 g/mol. The van der Waals surface area contributed by atoms with E-state index in [1.807, 2.05) is 18.2 Å². The van der Waals surface area contributed by atoms with E-state index >= 15 is 0 Å². The van der Waals surface area contributed by atoms with Gasteiger partial charge in [0.2, 0.25) is 0 Å². The largest absolute Gasteiger partial charge is 0.315 e. The fourth-order valence-electron chi connectivity index (χ4n) is 2.02. The van der Waals surface area contributed by atoms with Crippen LogP contribution in [0, 0.1) is 0 Å². The lowest BCUT2D eigenvalue weighted by Crippen LogP contribution is -2.41. The first-order valence-electron chi connectivity index (χ1n) is 4.60.